The van der Waals surface area contributed by atoms with Gasteiger partial charge in [0.25, 0.3) is 0 Å². The van der Waals surface area contributed by atoms with Crippen molar-refractivity contribution in [1.29, 1.82) is 0 Å². The number of nitrogens with zero attached hydrogens (tertiary/aromatic N) is 2. The molecule has 2 atom stereocenters. The number of aromatic nitrogens is 2. The SMILES string of the molecule is Nc1nccc(COc2cc(OC(F)(F)F)c3nc(N[C@@H]4CCCC[C@H]4O)sc3c2)c1Cl. The minimum Gasteiger partial charge on any atom is -0.489 e. The number of nitrogens with two attached hydrogens (primary N) is 1. The van der Waals surface area contributed by atoms with Gasteiger partial charge in [0.05, 0.1) is 21.9 Å². The molecule has 0 aliphatic heterocycles. The number of nitrogens with one attached hydrogen (secondary N) is 1. The third-order valence-corrected chi connectivity index (χ3v) is 6.46. The maximum absolute atomic E-state index is 13.0. The summed E-state index contributed by atoms with van der Waals surface area (Å²) < 4.78 is 49.3. The molecule has 0 spiro atoms. The molecule has 2 heterocycles. The largest absolute Gasteiger partial charge is 0.573 e. The molecule has 4 rings (SSSR count). The number of hydrogen-bond donors (Lipinski definition) is 3. The van der Waals surface area contributed by atoms with Gasteiger partial charge >= 0.3 is 6.36 Å². The van der Waals surface area contributed by atoms with Gasteiger partial charge in [0.2, 0.25) is 0 Å². The van der Waals surface area contributed by atoms with Crippen LogP contribution in [0.1, 0.15) is 31.2 Å². The van der Waals surface area contributed by atoms with E-state index in [0.717, 1.165) is 36.7 Å². The van der Waals surface area contributed by atoms with Crippen LogP contribution in [0.5, 0.6) is 11.5 Å². The van der Waals surface area contributed by atoms with Gasteiger partial charge < -0.3 is 25.6 Å². The predicted molar refractivity (Wildman–Crippen MR) is 116 cm³/mol. The minimum absolute atomic E-state index is 0.0271. The van der Waals surface area contributed by atoms with Crippen LogP contribution in [0.25, 0.3) is 10.2 Å². The van der Waals surface area contributed by atoms with Crippen LogP contribution in [0.4, 0.5) is 24.1 Å². The smallest absolute Gasteiger partial charge is 0.489 e. The molecular formula is C20H20ClF3N4O3S. The molecule has 2 aromatic heterocycles. The van der Waals surface area contributed by atoms with E-state index in [2.05, 4.69) is 20.0 Å². The maximum atomic E-state index is 13.0. The van der Waals surface area contributed by atoms with Gasteiger partial charge in [-0.1, -0.05) is 35.8 Å². The highest BCUT2D eigenvalue weighted by Crippen LogP contribution is 2.39. The van der Waals surface area contributed by atoms with Crippen molar-refractivity contribution in [2.75, 3.05) is 11.1 Å². The van der Waals surface area contributed by atoms with Crippen molar-refractivity contribution in [3.63, 3.8) is 0 Å². The molecule has 4 N–H and O–H groups in total. The van der Waals surface area contributed by atoms with Crippen molar-refractivity contribution in [2.45, 2.75) is 50.8 Å². The van der Waals surface area contributed by atoms with E-state index in [1.54, 1.807) is 12.1 Å². The molecule has 7 nitrogen and oxygen atoms in total. The number of alkyl halides is 3. The van der Waals surface area contributed by atoms with Gasteiger partial charge in [-0.3, -0.25) is 0 Å². The Morgan fingerprint density at radius 3 is 2.81 bits per heavy atom. The number of thiazole rings is 1. The number of fused-ring (bicyclic) bond motifs is 1. The van der Waals surface area contributed by atoms with Gasteiger partial charge in [0, 0.05) is 17.8 Å². The Morgan fingerprint density at radius 1 is 1.28 bits per heavy atom. The first-order chi connectivity index (χ1) is 15.2. The molecule has 3 aromatic rings. The fourth-order valence-electron chi connectivity index (χ4n) is 3.53. The summed E-state index contributed by atoms with van der Waals surface area (Å²) in [6.45, 7) is -0.0271. The number of pyridine rings is 1. The molecule has 0 unspecified atom stereocenters. The molecule has 1 aliphatic rings. The Morgan fingerprint density at radius 2 is 2.06 bits per heavy atom. The second-order valence-electron chi connectivity index (χ2n) is 7.40. The Balaban J connectivity index is 1.62. The van der Waals surface area contributed by atoms with Gasteiger partial charge in [-0.05, 0) is 25.0 Å². The monoisotopic (exact) mass is 488 g/mol. The number of halogens is 4. The number of anilines is 2. The van der Waals surface area contributed by atoms with Gasteiger partial charge in [0.1, 0.15) is 23.7 Å². The van der Waals surface area contributed by atoms with E-state index in [1.807, 2.05) is 0 Å². The molecule has 0 bridgehead atoms. The first-order valence-electron chi connectivity index (χ1n) is 9.86. The number of nitrogen functional groups attached to an aromatic ring is 1. The number of aliphatic hydroxyl groups is 1. The summed E-state index contributed by atoms with van der Waals surface area (Å²) in [4.78, 5) is 8.14. The highest BCUT2D eigenvalue weighted by atomic mass is 35.5. The highest BCUT2D eigenvalue weighted by molar-refractivity contribution is 7.22. The summed E-state index contributed by atoms with van der Waals surface area (Å²) in [6.07, 6.45) is -0.636. The highest BCUT2D eigenvalue weighted by Gasteiger charge is 2.33. The van der Waals surface area contributed by atoms with Crippen LogP contribution >= 0.6 is 22.9 Å². The zero-order valence-corrected chi connectivity index (χ0v) is 18.2. The van der Waals surface area contributed by atoms with Crippen LogP contribution in [-0.4, -0.2) is 33.6 Å². The molecule has 0 saturated heterocycles. The normalized spacial score (nSPS) is 19.2. The van der Waals surface area contributed by atoms with Crippen molar-refractivity contribution in [3.8, 4) is 11.5 Å². The maximum Gasteiger partial charge on any atom is 0.573 e. The van der Waals surface area contributed by atoms with E-state index >= 15 is 0 Å². The van der Waals surface area contributed by atoms with E-state index in [4.69, 9.17) is 22.1 Å². The van der Waals surface area contributed by atoms with Crippen LogP contribution in [-0.2, 0) is 6.61 Å². The Labute approximate surface area is 190 Å². The van der Waals surface area contributed by atoms with E-state index in [-0.39, 0.29) is 34.8 Å². The minimum atomic E-state index is -4.90. The second kappa shape index (κ2) is 9.16. The third kappa shape index (κ3) is 5.28. The zero-order chi connectivity index (χ0) is 22.9. The standard InChI is InChI=1S/C20H20ClF3N4O3S/c21-16-10(5-6-26-18(16)25)9-30-11-7-14(31-20(22,23)24)17-15(8-11)32-19(28-17)27-12-3-1-2-4-13(12)29/h5-8,12-13,29H,1-4,9H2,(H2,25,26)(H,27,28)/t12-,13-/m1/s1. The lowest BCUT2D eigenvalue weighted by Crippen LogP contribution is -2.36. The fourth-order valence-corrected chi connectivity index (χ4v) is 4.67. The molecule has 0 radical (unpaired) electrons. The quantitative estimate of drug-likeness (QED) is 0.442. The number of hydrogen-bond acceptors (Lipinski definition) is 8. The van der Waals surface area contributed by atoms with E-state index in [0.29, 0.717) is 21.8 Å². The van der Waals surface area contributed by atoms with Crippen molar-refractivity contribution >= 4 is 44.1 Å². The Bertz CT molecular complexity index is 1110. The van der Waals surface area contributed by atoms with E-state index in [9.17, 15) is 18.3 Å². The lowest BCUT2D eigenvalue weighted by atomic mass is 9.93. The molecule has 0 amide bonds. The van der Waals surface area contributed by atoms with Crippen LogP contribution in [0.15, 0.2) is 24.4 Å². The molecule has 172 valence electrons. The number of rotatable bonds is 6. The second-order valence-corrected chi connectivity index (χ2v) is 8.80. The summed E-state index contributed by atoms with van der Waals surface area (Å²) in [5.41, 5.74) is 6.26. The molecule has 1 fully saturated rings. The van der Waals surface area contributed by atoms with E-state index in [1.165, 1.54) is 6.20 Å². The molecule has 12 heteroatoms. The molecule has 1 saturated carbocycles. The topological polar surface area (TPSA) is 103 Å². The van der Waals surface area contributed by atoms with Crippen molar-refractivity contribution < 1.29 is 27.8 Å². The number of aliphatic hydroxyl groups excluding tert-OH is 1. The number of benzene rings is 1. The van der Waals surface area contributed by atoms with Gasteiger partial charge in [-0.2, -0.15) is 0 Å². The van der Waals surface area contributed by atoms with Crippen molar-refractivity contribution in [2.24, 2.45) is 0 Å². The van der Waals surface area contributed by atoms with Crippen molar-refractivity contribution in [1.82, 2.24) is 9.97 Å². The average Bonchev–Trinajstić information content (AvgIpc) is 3.12. The summed E-state index contributed by atoms with van der Waals surface area (Å²) in [5.74, 6) is -0.192. The molecule has 1 aliphatic carbocycles. The van der Waals surface area contributed by atoms with E-state index < -0.39 is 18.2 Å². The lowest BCUT2D eigenvalue weighted by Gasteiger charge is -2.27. The molecular weight excluding hydrogens is 469 g/mol. The zero-order valence-electron chi connectivity index (χ0n) is 16.7. The predicted octanol–water partition coefficient (Wildman–Crippen LogP) is 5.12. The lowest BCUT2D eigenvalue weighted by molar-refractivity contribution is -0.274. The number of ether oxygens (including phenoxy) is 2. The van der Waals surface area contributed by atoms with Gasteiger partial charge in [0.15, 0.2) is 10.9 Å². The Hall–Kier alpha value is -2.50. The molecule has 1 aromatic carbocycles. The molecule has 32 heavy (non-hydrogen) atoms. The third-order valence-electron chi connectivity index (χ3n) is 5.09. The van der Waals surface area contributed by atoms with Crippen LogP contribution in [0, 0.1) is 0 Å². The summed E-state index contributed by atoms with van der Waals surface area (Å²) in [7, 11) is 0. The van der Waals surface area contributed by atoms with Crippen LogP contribution in [0.3, 0.4) is 0 Å². The summed E-state index contributed by atoms with van der Waals surface area (Å²) in [6, 6.07) is 4.12. The first-order valence-corrected chi connectivity index (χ1v) is 11.1. The summed E-state index contributed by atoms with van der Waals surface area (Å²) in [5, 5.41) is 13.9. The Kier molecular flexibility index (Phi) is 6.50. The van der Waals surface area contributed by atoms with Crippen molar-refractivity contribution in [3.05, 3.63) is 35.0 Å². The van der Waals surface area contributed by atoms with Gasteiger partial charge in [-0.25, -0.2) is 9.97 Å². The van der Waals surface area contributed by atoms with Crippen LogP contribution in [0.2, 0.25) is 5.02 Å². The fraction of sp³-hybridized carbons (Fsp3) is 0.400. The summed E-state index contributed by atoms with van der Waals surface area (Å²) >= 11 is 7.26. The van der Waals surface area contributed by atoms with Gasteiger partial charge in [-0.15, -0.1) is 13.2 Å². The average molecular weight is 489 g/mol. The first kappa shape index (κ1) is 22.7. The van der Waals surface area contributed by atoms with Crippen LogP contribution < -0.4 is 20.5 Å².